The number of carbonyl (C=O) groups is 1. The van der Waals surface area contributed by atoms with Crippen molar-refractivity contribution in [3.8, 4) is 0 Å². The fraction of sp³-hybridized carbons (Fsp3) is 0.417. The summed E-state index contributed by atoms with van der Waals surface area (Å²) in [7, 11) is 0. The van der Waals surface area contributed by atoms with E-state index in [1.165, 1.54) is 18.2 Å². The molecule has 1 aromatic carbocycles. The van der Waals surface area contributed by atoms with Gasteiger partial charge in [0.25, 0.3) is 5.91 Å². The van der Waals surface area contributed by atoms with Crippen molar-refractivity contribution in [3.63, 3.8) is 0 Å². The Morgan fingerprint density at radius 1 is 1.53 bits per heavy atom. The summed E-state index contributed by atoms with van der Waals surface area (Å²) in [5, 5.41) is 2.71. The van der Waals surface area contributed by atoms with Crippen molar-refractivity contribution in [1.82, 2.24) is 5.32 Å². The van der Waals surface area contributed by atoms with Gasteiger partial charge in [0.1, 0.15) is 5.82 Å². The van der Waals surface area contributed by atoms with Gasteiger partial charge in [0.2, 0.25) is 0 Å². The first-order chi connectivity index (χ1) is 8.15. The van der Waals surface area contributed by atoms with Gasteiger partial charge < -0.3 is 15.8 Å². The van der Waals surface area contributed by atoms with Crippen LogP contribution in [0.1, 0.15) is 23.7 Å². The van der Waals surface area contributed by atoms with E-state index in [1.807, 2.05) is 6.92 Å². The molecule has 0 aliphatic rings. The van der Waals surface area contributed by atoms with Crippen LogP contribution in [0, 0.1) is 5.82 Å². The summed E-state index contributed by atoms with van der Waals surface area (Å²) < 4.78 is 18.0. The Hall–Kier alpha value is -1.62. The summed E-state index contributed by atoms with van der Waals surface area (Å²) in [5.41, 5.74) is 5.72. The molecule has 17 heavy (non-hydrogen) atoms. The molecule has 1 rings (SSSR count). The number of hydrogen-bond acceptors (Lipinski definition) is 3. The van der Waals surface area contributed by atoms with Crippen molar-refractivity contribution in [3.05, 3.63) is 29.6 Å². The number of ether oxygens (including phenoxy) is 1. The van der Waals surface area contributed by atoms with Gasteiger partial charge in [-0.1, -0.05) is 0 Å². The van der Waals surface area contributed by atoms with E-state index in [1.54, 1.807) is 0 Å². The van der Waals surface area contributed by atoms with Crippen molar-refractivity contribution in [2.24, 2.45) is 0 Å². The van der Waals surface area contributed by atoms with Gasteiger partial charge in [-0.3, -0.25) is 4.79 Å². The van der Waals surface area contributed by atoms with Crippen molar-refractivity contribution in [1.29, 1.82) is 0 Å². The van der Waals surface area contributed by atoms with Gasteiger partial charge in [0, 0.05) is 25.3 Å². The fourth-order valence-electron chi connectivity index (χ4n) is 1.31. The third-order valence-corrected chi connectivity index (χ3v) is 2.21. The molecule has 94 valence electrons. The van der Waals surface area contributed by atoms with Gasteiger partial charge >= 0.3 is 0 Å². The topological polar surface area (TPSA) is 64.3 Å². The van der Waals surface area contributed by atoms with E-state index < -0.39 is 5.82 Å². The SMILES string of the molecule is CCOCCCNC(=O)c1ccc(F)c(N)c1. The molecule has 0 radical (unpaired) electrons. The molecule has 0 aromatic heterocycles. The first-order valence-corrected chi connectivity index (χ1v) is 5.56. The number of halogens is 1. The maximum Gasteiger partial charge on any atom is 0.251 e. The zero-order chi connectivity index (χ0) is 12.7. The minimum atomic E-state index is -0.516. The van der Waals surface area contributed by atoms with Crippen molar-refractivity contribution in [2.45, 2.75) is 13.3 Å². The van der Waals surface area contributed by atoms with Crippen LogP contribution >= 0.6 is 0 Å². The van der Waals surface area contributed by atoms with Crippen LogP contribution in [0.25, 0.3) is 0 Å². The predicted octanol–water partition coefficient (Wildman–Crippen LogP) is 1.56. The number of benzene rings is 1. The summed E-state index contributed by atoms with van der Waals surface area (Å²) in [4.78, 5) is 11.6. The molecular formula is C12H17FN2O2. The van der Waals surface area contributed by atoms with Crippen molar-refractivity contribution >= 4 is 11.6 Å². The number of hydrogen-bond donors (Lipinski definition) is 2. The molecule has 0 unspecified atom stereocenters. The molecule has 4 nitrogen and oxygen atoms in total. The number of nitrogens with two attached hydrogens (primary N) is 1. The maximum atomic E-state index is 12.9. The van der Waals surface area contributed by atoms with Crippen LogP contribution in [0.5, 0.6) is 0 Å². The number of anilines is 1. The lowest BCUT2D eigenvalue weighted by Crippen LogP contribution is -2.25. The highest BCUT2D eigenvalue weighted by atomic mass is 19.1. The lowest BCUT2D eigenvalue weighted by Gasteiger charge is -2.06. The third-order valence-electron chi connectivity index (χ3n) is 2.21. The van der Waals surface area contributed by atoms with Gasteiger partial charge in [-0.25, -0.2) is 4.39 Å². The van der Waals surface area contributed by atoms with Crippen LogP contribution in [-0.4, -0.2) is 25.7 Å². The van der Waals surface area contributed by atoms with E-state index in [0.29, 0.717) is 25.3 Å². The molecule has 5 heteroatoms. The number of nitrogens with one attached hydrogen (secondary N) is 1. The number of amides is 1. The second-order valence-corrected chi connectivity index (χ2v) is 3.54. The molecule has 0 saturated carbocycles. The monoisotopic (exact) mass is 240 g/mol. The van der Waals surface area contributed by atoms with Crippen LogP contribution in [0.4, 0.5) is 10.1 Å². The fourth-order valence-corrected chi connectivity index (χ4v) is 1.31. The molecule has 1 aromatic rings. The Morgan fingerprint density at radius 2 is 2.29 bits per heavy atom. The molecular weight excluding hydrogens is 223 g/mol. The summed E-state index contributed by atoms with van der Waals surface area (Å²) in [6, 6.07) is 3.92. The minimum Gasteiger partial charge on any atom is -0.396 e. The summed E-state index contributed by atoms with van der Waals surface area (Å²) in [6.45, 7) is 3.72. The van der Waals surface area contributed by atoms with E-state index in [2.05, 4.69) is 5.32 Å². The Balaban J connectivity index is 2.39. The van der Waals surface area contributed by atoms with Crippen LogP contribution in [0.3, 0.4) is 0 Å². The lowest BCUT2D eigenvalue weighted by molar-refractivity contribution is 0.0944. The largest absolute Gasteiger partial charge is 0.396 e. The van der Waals surface area contributed by atoms with Crippen molar-refractivity contribution in [2.75, 3.05) is 25.5 Å². The second-order valence-electron chi connectivity index (χ2n) is 3.54. The van der Waals surface area contributed by atoms with E-state index >= 15 is 0 Å². The number of rotatable bonds is 6. The first-order valence-electron chi connectivity index (χ1n) is 5.56. The molecule has 0 atom stereocenters. The Labute approximate surface area is 100.0 Å². The predicted molar refractivity (Wildman–Crippen MR) is 64.3 cm³/mol. The van der Waals surface area contributed by atoms with E-state index in [-0.39, 0.29) is 11.6 Å². The molecule has 0 bridgehead atoms. The summed E-state index contributed by atoms with van der Waals surface area (Å²) in [6.07, 6.45) is 0.746. The zero-order valence-electron chi connectivity index (χ0n) is 9.83. The van der Waals surface area contributed by atoms with Crippen LogP contribution < -0.4 is 11.1 Å². The Bertz CT molecular complexity index is 383. The lowest BCUT2D eigenvalue weighted by atomic mass is 10.2. The highest BCUT2D eigenvalue weighted by molar-refractivity contribution is 5.94. The van der Waals surface area contributed by atoms with E-state index in [9.17, 15) is 9.18 Å². The first kappa shape index (κ1) is 13.4. The van der Waals surface area contributed by atoms with Gasteiger partial charge in [-0.15, -0.1) is 0 Å². The van der Waals surface area contributed by atoms with Crippen LogP contribution in [0.15, 0.2) is 18.2 Å². The smallest absolute Gasteiger partial charge is 0.251 e. The molecule has 0 aliphatic heterocycles. The highest BCUT2D eigenvalue weighted by Gasteiger charge is 2.07. The van der Waals surface area contributed by atoms with Crippen LogP contribution in [0.2, 0.25) is 0 Å². The molecule has 0 spiro atoms. The molecule has 0 fully saturated rings. The molecule has 0 saturated heterocycles. The average molecular weight is 240 g/mol. The maximum absolute atomic E-state index is 12.9. The summed E-state index contributed by atoms with van der Waals surface area (Å²) in [5.74, 6) is -0.772. The number of nitrogen functional groups attached to an aromatic ring is 1. The van der Waals surface area contributed by atoms with Crippen molar-refractivity contribution < 1.29 is 13.9 Å². The Kier molecular flexibility index (Phi) is 5.42. The molecule has 1 amide bonds. The molecule has 0 aliphatic carbocycles. The quantitative estimate of drug-likeness (QED) is 0.586. The second kappa shape index (κ2) is 6.85. The average Bonchev–Trinajstić information content (AvgIpc) is 2.32. The normalized spacial score (nSPS) is 10.2. The number of carbonyl (C=O) groups excluding carboxylic acids is 1. The molecule has 0 heterocycles. The van der Waals surface area contributed by atoms with E-state index in [4.69, 9.17) is 10.5 Å². The van der Waals surface area contributed by atoms with Gasteiger partial charge in [0.15, 0.2) is 0 Å². The zero-order valence-corrected chi connectivity index (χ0v) is 9.83. The summed E-state index contributed by atoms with van der Waals surface area (Å²) >= 11 is 0. The third kappa shape index (κ3) is 4.40. The highest BCUT2D eigenvalue weighted by Crippen LogP contribution is 2.11. The van der Waals surface area contributed by atoms with Gasteiger partial charge in [0.05, 0.1) is 5.69 Å². The standard InChI is InChI=1S/C12H17FN2O2/c1-2-17-7-3-6-15-12(16)9-4-5-10(13)11(14)8-9/h4-5,8H,2-3,6-7,14H2,1H3,(H,15,16). The minimum absolute atomic E-state index is 0.0213. The van der Waals surface area contributed by atoms with Gasteiger partial charge in [-0.05, 0) is 31.5 Å². The van der Waals surface area contributed by atoms with Crippen LogP contribution in [-0.2, 0) is 4.74 Å². The Morgan fingerprint density at radius 3 is 2.94 bits per heavy atom. The van der Waals surface area contributed by atoms with E-state index in [0.717, 1.165) is 6.42 Å². The molecule has 3 N–H and O–H groups in total. The van der Waals surface area contributed by atoms with Gasteiger partial charge in [-0.2, -0.15) is 0 Å².